The Kier molecular flexibility index (Phi) is 3.78. The zero-order chi connectivity index (χ0) is 13.8. The fourth-order valence-corrected chi connectivity index (χ4v) is 2.35. The Morgan fingerprint density at radius 3 is 2.90 bits per heavy atom. The lowest BCUT2D eigenvalue weighted by molar-refractivity contribution is 0.0674. The summed E-state index contributed by atoms with van der Waals surface area (Å²) in [5, 5.41) is 1.13. The van der Waals surface area contributed by atoms with Gasteiger partial charge in [0.2, 0.25) is 0 Å². The van der Waals surface area contributed by atoms with Gasteiger partial charge in [-0.1, -0.05) is 18.2 Å². The van der Waals surface area contributed by atoms with E-state index in [4.69, 9.17) is 10.5 Å². The van der Waals surface area contributed by atoms with E-state index < -0.39 is 0 Å². The first kappa shape index (κ1) is 12.9. The largest absolute Gasteiger partial charge is 0.378 e. The molecule has 2 N–H and O–H groups in total. The number of guanidine groups is 1. The van der Waals surface area contributed by atoms with Crippen LogP contribution in [0.4, 0.5) is 0 Å². The second-order valence-electron chi connectivity index (χ2n) is 4.76. The molecule has 3 rings (SSSR count). The van der Waals surface area contributed by atoms with E-state index in [1.807, 2.05) is 30.5 Å². The van der Waals surface area contributed by atoms with Gasteiger partial charge in [0, 0.05) is 24.7 Å². The molecule has 0 spiro atoms. The Balaban J connectivity index is 1.79. The Hall–Kier alpha value is -2.14. The van der Waals surface area contributed by atoms with E-state index >= 15 is 0 Å². The molecule has 1 fully saturated rings. The Morgan fingerprint density at radius 2 is 2.05 bits per heavy atom. The van der Waals surface area contributed by atoms with Gasteiger partial charge in [0.05, 0.1) is 25.3 Å². The van der Waals surface area contributed by atoms with Gasteiger partial charge in [-0.25, -0.2) is 4.99 Å². The minimum Gasteiger partial charge on any atom is -0.378 e. The van der Waals surface area contributed by atoms with Crippen LogP contribution < -0.4 is 5.73 Å². The average Bonchev–Trinajstić information content (AvgIpc) is 2.53. The average molecular weight is 270 g/mol. The van der Waals surface area contributed by atoms with Crippen molar-refractivity contribution in [3.8, 4) is 0 Å². The highest BCUT2D eigenvalue weighted by molar-refractivity contribution is 5.82. The lowest BCUT2D eigenvalue weighted by Gasteiger charge is -2.27. The van der Waals surface area contributed by atoms with Crippen LogP contribution in [-0.4, -0.2) is 42.1 Å². The maximum absolute atomic E-state index is 6.05. The molecule has 1 saturated heterocycles. The van der Waals surface area contributed by atoms with Crippen molar-refractivity contribution in [3.63, 3.8) is 0 Å². The standard InChI is InChI=1S/C15H18N4O/c16-15(19-7-9-20-10-8-19)18-11-12-5-6-17-14-4-2-1-3-13(12)14/h1-6H,7-11H2,(H2,16,18). The van der Waals surface area contributed by atoms with Crippen molar-refractivity contribution in [1.29, 1.82) is 0 Å². The Labute approximate surface area is 118 Å². The maximum Gasteiger partial charge on any atom is 0.191 e. The van der Waals surface area contributed by atoms with Gasteiger partial charge < -0.3 is 15.4 Å². The summed E-state index contributed by atoms with van der Waals surface area (Å²) in [7, 11) is 0. The molecule has 5 nitrogen and oxygen atoms in total. The molecule has 1 aliphatic rings. The highest BCUT2D eigenvalue weighted by Crippen LogP contribution is 2.16. The molecular formula is C15H18N4O. The minimum atomic E-state index is 0.576. The van der Waals surface area contributed by atoms with Gasteiger partial charge in [0.1, 0.15) is 0 Å². The van der Waals surface area contributed by atoms with Crippen LogP contribution in [-0.2, 0) is 11.3 Å². The number of hydrogen-bond acceptors (Lipinski definition) is 3. The van der Waals surface area contributed by atoms with Crippen LogP contribution in [0.1, 0.15) is 5.56 Å². The van der Waals surface area contributed by atoms with Crippen molar-refractivity contribution < 1.29 is 4.74 Å². The monoisotopic (exact) mass is 270 g/mol. The number of hydrogen-bond donors (Lipinski definition) is 1. The lowest BCUT2D eigenvalue weighted by Crippen LogP contribution is -2.44. The molecule has 1 aliphatic heterocycles. The van der Waals surface area contributed by atoms with Gasteiger partial charge in [-0.3, -0.25) is 4.98 Å². The number of rotatable bonds is 2. The predicted molar refractivity (Wildman–Crippen MR) is 79.5 cm³/mol. The summed E-state index contributed by atoms with van der Waals surface area (Å²) in [6.07, 6.45) is 1.82. The van der Waals surface area contributed by atoms with Crippen LogP contribution in [0.5, 0.6) is 0 Å². The van der Waals surface area contributed by atoms with Crippen molar-refractivity contribution >= 4 is 16.9 Å². The molecule has 0 saturated carbocycles. The third-order valence-electron chi connectivity index (χ3n) is 3.49. The van der Waals surface area contributed by atoms with E-state index in [2.05, 4.69) is 20.9 Å². The quantitative estimate of drug-likeness (QED) is 0.661. The lowest BCUT2D eigenvalue weighted by atomic mass is 10.1. The van der Waals surface area contributed by atoms with Gasteiger partial charge in [0.25, 0.3) is 0 Å². The number of benzene rings is 1. The molecule has 0 atom stereocenters. The normalized spacial score (nSPS) is 16.6. The first-order chi connectivity index (χ1) is 9.84. The van der Waals surface area contributed by atoms with E-state index in [0.29, 0.717) is 25.7 Å². The summed E-state index contributed by atoms with van der Waals surface area (Å²) in [4.78, 5) is 10.9. The molecule has 0 bridgehead atoms. The Bertz CT molecular complexity index is 615. The fraction of sp³-hybridized carbons (Fsp3) is 0.333. The number of aromatic nitrogens is 1. The molecule has 104 valence electrons. The number of morpholine rings is 1. The molecule has 0 radical (unpaired) electrons. The number of nitrogens with zero attached hydrogens (tertiary/aromatic N) is 3. The van der Waals surface area contributed by atoms with E-state index in [1.54, 1.807) is 0 Å². The fourth-order valence-electron chi connectivity index (χ4n) is 2.35. The number of pyridine rings is 1. The number of fused-ring (bicyclic) bond motifs is 1. The van der Waals surface area contributed by atoms with Gasteiger partial charge in [-0.15, -0.1) is 0 Å². The molecule has 0 aliphatic carbocycles. The zero-order valence-electron chi connectivity index (χ0n) is 11.3. The van der Waals surface area contributed by atoms with Crippen molar-refractivity contribution in [1.82, 2.24) is 9.88 Å². The number of nitrogens with two attached hydrogens (primary N) is 1. The van der Waals surface area contributed by atoms with E-state index in [9.17, 15) is 0 Å². The molecule has 1 aromatic heterocycles. The third-order valence-corrected chi connectivity index (χ3v) is 3.49. The maximum atomic E-state index is 6.05. The van der Waals surface area contributed by atoms with Gasteiger partial charge >= 0.3 is 0 Å². The van der Waals surface area contributed by atoms with Crippen molar-refractivity contribution in [2.24, 2.45) is 10.7 Å². The molecule has 2 aromatic rings. The number of para-hydroxylation sites is 1. The van der Waals surface area contributed by atoms with Gasteiger partial charge in [-0.2, -0.15) is 0 Å². The summed E-state index contributed by atoms with van der Waals surface area (Å²) < 4.78 is 5.31. The summed E-state index contributed by atoms with van der Waals surface area (Å²) in [5.41, 5.74) is 8.18. The first-order valence-electron chi connectivity index (χ1n) is 6.80. The SMILES string of the molecule is NC(=NCc1ccnc2ccccc12)N1CCOCC1. The number of ether oxygens (including phenoxy) is 1. The second-order valence-corrected chi connectivity index (χ2v) is 4.76. The first-order valence-corrected chi connectivity index (χ1v) is 6.80. The van der Waals surface area contributed by atoms with Crippen LogP contribution in [0, 0.1) is 0 Å². The van der Waals surface area contributed by atoms with E-state index in [-0.39, 0.29) is 0 Å². The van der Waals surface area contributed by atoms with E-state index in [1.165, 1.54) is 0 Å². The highest BCUT2D eigenvalue weighted by atomic mass is 16.5. The summed E-state index contributed by atoms with van der Waals surface area (Å²) in [5.74, 6) is 0.592. The van der Waals surface area contributed by atoms with Crippen molar-refractivity contribution in [3.05, 3.63) is 42.1 Å². The Morgan fingerprint density at radius 1 is 1.25 bits per heavy atom. The van der Waals surface area contributed by atoms with Crippen LogP contribution >= 0.6 is 0 Å². The van der Waals surface area contributed by atoms with Crippen LogP contribution in [0.3, 0.4) is 0 Å². The van der Waals surface area contributed by atoms with Crippen LogP contribution in [0.25, 0.3) is 10.9 Å². The minimum absolute atomic E-state index is 0.576. The van der Waals surface area contributed by atoms with Crippen molar-refractivity contribution in [2.45, 2.75) is 6.54 Å². The molecule has 5 heteroatoms. The van der Waals surface area contributed by atoms with Crippen molar-refractivity contribution in [2.75, 3.05) is 26.3 Å². The van der Waals surface area contributed by atoms with Crippen LogP contribution in [0.2, 0.25) is 0 Å². The van der Waals surface area contributed by atoms with Gasteiger partial charge in [-0.05, 0) is 17.7 Å². The molecule has 1 aromatic carbocycles. The predicted octanol–water partition coefficient (Wildman–Crippen LogP) is 1.38. The number of aliphatic imine (C=N–C) groups is 1. The van der Waals surface area contributed by atoms with Gasteiger partial charge in [0.15, 0.2) is 5.96 Å². The van der Waals surface area contributed by atoms with E-state index in [0.717, 1.165) is 29.6 Å². The second kappa shape index (κ2) is 5.88. The topological polar surface area (TPSA) is 63.7 Å². The zero-order valence-corrected chi connectivity index (χ0v) is 11.3. The molecule has 0 amide bonds. The molecular weight excluding hydrogens is 252 g/mol. The molecule has 20 heavy (non-hydrogen) atoms. The summed E-state index contributed by atoms with van der Waals surface area (Å²) >= 11 is 0. The molecule has 0 unspecified atom stereocenters. The van der Waals surface area contributed by atoms with Crippen LogP contribution in [0.15, 0.2) is 41.5 Å². The third kappa shape index (κ3) is 2.72. The smallest absolute Gasteiger partial charge is 0.191 e. The molecule has 2 heterocycles. The summed E-state index contributed by atoms with van der Waals surface area (Å²) in [6.45, 7) is 3.63. The summed E-state index contributed by atoms with van der Waals surface area (Å²) in [6, 6.07) is 10.1. The highest BCUT2D eigenvalue weighted by Gasteiger charge is 2.12.